The van der Waals surface area contributed by atoms with Crippen molar-refractivity contribution in [1.29, 1.82) is 0 Å². The molecule has 0 aliphatic carbocycles. The molecule has 5 aromatic rings. The predicted octanol–water partition coefficient (Wildman–Crippen LogP) is -20.8. The van der Waals surface area contributed by atoms with Crippen LogP contribution in [0.3, 0.4) is 0 Å². The van der Waals surface area contributed by atoms with E-state index in [1.807, 2.05) is 77.8 Å². The van der Waals surface area contributed by atoms with Crippen molar-refractivity contribution < 1.29 is 172 Å². The summed E-state index contributed by atoms with van der Waals surface area (Å²) in [6.07, 6.45) is 15.2. The molecule has 0 spiro atoms. The normalized spacial score (nSPS) is 10.8. The molecule has 0 saturated carbocycles. The summed E-state index contributed by atoms with van der Waals surface area (Å²) in [4.78, 5) is 22.7. The summed E-state index contributed by atoms with van der Waals surface area (Å²) in [5.74, 6) is 4.01. The largest absolute Gasteiger partial charge is 2.00 e. The number of halogens is 4. The van der Waals surface area contributed by atoms with E-state index < -0.39 is 41.0 Å². The zero-order valence-corrected chi connectivity index (χ0v) is 37.6. The molecule has 0 aliphatic rings. The Balaban J connectivity index is -0.000000264. The zero-order chi connectivity index (χ0) is 43.8. The first-order valence-corrected chi connectivity index (χ1v) is 19.7. The van der Waals surface area contributed by atoms with Gasteiger partial charge in [0.1, 0.15) is 23.3 Å². The van der Waals surface area contributed by atoms with Gasteiger partial charge in [0.05, 0.1) is 31.9 Å². The van der Waals surface area contributed by atoms with Crippen LogP contribution in [0.1, 0.15) is 34.7 Å². The number of aryl methyl sites for hydroxylation is 4. The molecule has 2 radical (unpaired) electrons. The van der Waals surface area contributed by atoms with Crippen LogP contribution in [-0.4, -0.2) is 69.2 Å². The third-order valence-corrected chi connectivity index (χ3v) is 6.61. The van der Waals surface area contributed by atoms with Gasteiger partial charge in [-0.25, -0.2) is 94.5 Å². The number of hydrogen-bond donors (Lipinski definition) is 1. The molecule has 0 amide bonds. The van der Waals surface area contributed by atoms with Crippen molar-refractivity contribution in [3.8, 4) is 0 Å². The van der Waals surface area contributed by atoms with Crippen molar-refractivity contribution in [1.82, 2.24) is 58.2 Å². The molecule has 0 aliphatic heterocycles. The zero-order valence-electron chi connectivity index (χ0n) is 32.7. The van der Waals surface area contributed by atoms with Crippen LogP contribution in [0, 0.1) is 41.0 Å². The first kappa shape index (κ1) is 72.0. The van der Waals surface area contributed by atoms with Crippen molar-refractivity contribution in [3.05, 3.63) is 90.3 Å². The van der Waals surface area contributed by atoms with Gasteiger partial charge in [-0.1, -0.05) is 0 Å². The van der Waals surface area contributed by atoms with E-state index in [1.54, 1.807) is 0 Å². The van der Waals surface area contributed by atoms with E-state index in [1.165, 1.54) is 0 Å². The monoisotopic (exact) mass is 1100 g/mol. The SMILES string of the molecule is Cn1ccnc1CN(Cc1cc(CN(Cc2nccn2C)Cc2nccn2C)[nH]n1)Cc1nccn1C.O.O.[Cu+2].[Cu+2].[O-][Cl+3]([O-])([O-])[O-].[O-][Cl+3]([O-])([O-])[O-].[O-][Cl+3]([O-])([O-])[O-].[O-][Cl+3]([O-])([O-])[O-].[OH3+].[OH3+]. The van der Waals surface area contributed by atoms with E-state index in [0.29, 0.717) is 39.3 Å². The van der Waals surface area contributed by atoms with Gasteiger partial charge in [0.25, 0.3) is 0 Å². The maximum Gasteiger partial charge on any atom is 2.00 e. The summed E-state index contributed by atoms with van der Waals surface area (Å²) >= 11 is 0. The van der Waals surface area contributed by atoms with Gasteiger partial charge in [0.15, 0.2) is 0 Å². The average Bonchev–Trinajstić information content (AvgIpc) is 3.85. The van der Waals surface area contributed by atoms with Crippen molar-refractivity contribution in [2.75, 3.05) is 0 Å². The van der Waals surface area contributed by atoms with Crippen molar-refractivity contribution in [2.24, 2.45) is 28.2 Å². The molecule has 32 nitrogen and oxygen atoms in total. The quantitative estimate of drug-likeness (QED) is 0.0895. The maximum absolute atomic E-state index is 8.49. The Morgan fingerprint density at radius 3 is 0.873 bits per heavy atom. The van der Waals surface area contributed by atoms with Gasteiger partial charge in [0.2, 0.25) is 0 Å². The Kier molecular flexibility index (Phi) is 37.6. The second-order valence-electron chi connectivity index (χ2n) is 11.0. The van der Waals surface area contributed by atoms with Crippen LogP contribution >= 0.6 is 0 Å². The Morgan fingerprint density at radius 1 is 0.444 bits per heavy atom. The van der Waals surface area contributed by atoms with Crippen LogP contribution in [-0.2, 0) is 113 Å². The number of imidazole rings is 4. The van der Waals surface area contributed by atoms with Crippen LogP contribution in [0.5, 0.6) is 0 Å². The minimum atomic E-state index is -4.94. The topological polar surface area (TPSA) is 604 Å². The molecular formula is C25H44Cl4Cu2N12O20+2. The summed E-state index contributed by atoms with van der Waals surface area (Å²) in [6, 6.07) is 2.15. The van der Waals surface area contributed by atoms with E-state index in [9.17, 15) is 0 Å². The molecule has 0 fully saturated rings. The number of hydrogen-bond acceptors (Lipinski definition) is 23. The van der Waals surface area contributed by atoms with E-state index in [0.717, 1.165) is 34.7 Å². The predicted molar refractivity (Wildman–Crippen MR) is 154 cm³/mol. The molecule has 63 heavy (non-hydrogen) atoms. The van der Waals surface area contributed by atoms with Gasteiger partial charge in [-0.15, -0.1) is 41.0 Å². The van der Waals surface area contributed by atoms with Gasteiger partial charge in [-0.2, -0.15) is 5.10 Å². The van der Waals surface area contributed by atoms with Crippen LogP contribution in [0.25, 0.3) is 0 Å². The molecule has 0 saturated heterocycles. The molecule has 0 bridgehead atoms. The van der Waals surface area contributed by atoms with Gasteiger partial charge in [-0.3, -0.25) is 14.9 Å². The van der Waals surface area contributed by atoms with E-state index in [4.69, 9.17) is 74.5 Å². The first-order valence-electron chi connectivity index (χ1n) is 14.7. The second kappa shape index (κ2) is 32.9. The fraction of sp³-hybridized carbons (Fsp3) is 0.400. The first-order chi connectivity index (χ1) is 25.9. The summed E-state index contributed by atoms with van der Waals surface area (Å²) in [5.41, 5.74) is 2.03. The molecule has 5 heterocycles. The average molecular weight is 1100 g/mol. The van der Waals surface area contributed by atoms with Gasteiger partial charge >= 0.3 is 34.1 Å². The number of aromatic amines is 1. The molecular weight excluding hydrogens is 1060 g/mol. The fourth-order valence-corrected chi connectivity index (χ4v) is 4.37. The van der Waals surface area contributed by atoms with Crippen molar-refractivity contribution >= 4 is 0 Å². The summed E-state index contributed by atoms with van der Waals surface area (Å²) < 4.78 is 144. The molecule has 11 N–H and O–H groups in total. The van der Waals surface area contributed by atoms with Crippen LogP contribution < -0.4 is 74.5 Å². The van der Waals surface area contributed by atoms with E-state index >= 15 is 0 Å². The van der Waals surface area contributed by atoms with Crippen LogP contribution in [0.15, 0.2) is 55.6 Å². The fourth-order valence-electron chi connectivity index (χ4n) is 4.37. The van der Waals surface area contributed by atoms with Crippen LogP contribution in [0.2, 0.25) is 0 Å². The Morgan fingerprint density at radius 2 is 0.667 bits per heavy atom. The minimum absolute atomic E-state index is 0. The van der Waals surface area contributed by atoms with Crippen LogP contribution in [0.4, 0.5) is 0 Å². The number of rotatable bonds is 12. The van der Waals surface area contributed by atoms with Gasteiger partial charge < -0.3 is 40.2 Å². The molecule has 372 valence electrons. The van der Waals surface area contributed by atoms with Gasteiger partial charge in [0, 0.05) is 96.5 Å². The molecule has 0 aromatic carbocycles. The Hall–Kier alpha value is -2.63. The van der Waals surface area contributed by atoms with Crippen molar-refractivity contribution in [3.63, 3.8) is 0 Å². The summed E-state index contributed by atoms with van der Waals surface area (Å²) in [7, 11) is -11.7. The number of nitrogens with zero attached hydrogens (tertiary/aromatic N) is 11. The Bertz CT molecular complexity index is 1600. The van der Waals surface area contributed by atoms with Crippen molar-refractivity contribution in [2.45, 2.75) is 39.3 Å². The third kappa shape index (κ3) is 39.5. The van der Waals surface area contributed by atoms with E-state index in [2.05, 4.69) is 64.3 Å². The standard InChI is InChI=1S/C25H34N12.4ClHO4.2Cu.4H2O/c1-32-9-5-26-22(32)16-36(17-23-27-6-10-33(23)2)14-20-13-21(31-30-20)15-37(18-24-28-7-11-34(24)3)19-25-29-8-12-35(25)4;4*2-1(3,4)5;;;;;;/h5-13H,14-19H2,1-4H3,(H,30,31);4*(H,2,3,4,5);;;4*1H2/q;;;;;2*+2;;;;/p-2. The number of aromatic nitrogens is 10. The van der Waals surface area contributed by atoms with Gasteiger partial charge in [-0.05, 0) is 6.07 Å². The number of H-pyrrole nitrogens is 1. The molecule has 0 atom stereocenters. The molecule has 38 heteroatoms. The molecule has 0 unspecified atom stereocenters. The smallest absolute Gasteiger partial charge is 0.457 e. The number of nitrogens with one attached hydrogen (secondary N) is 1. The summed E-state index contributed by atoms with van der Waals surface area (Å²) in [6.45, 7) is 4.18. The van der Waals surface area contributed by atoms with E-state index in [-0.39, 0.29) is 56.0 Å². The third-order valence-electron chi connectivity index (χ3n) is 6.61. The Labute approximate surface area is 385 Å². The second-order valence-corrected chi connectivity index (χ2v) is 14.0. The molecule has 5 aromatic heterocycles. The maximum atomic E-state index is 8.49. The minimum Gasteiger partial charge on any atom is -0.457 e. The molecule has 5 rings (SSSR count). The summed E-state index contributed by atoms with van der Waals surface area (Å²) in [5, 5.41) is 7.91.